The zero-order valence-electron chi connectivity index (χ0n) is 5.21. The van der Waals surface area contributed by atoms with Crippen molar-refractivity contribution in [3.63, 3.8) is 0 Å². The molecule has 0 saturated carbocycles. The molecule has 10 heavy (non-hydrogen) atoms. The van der Waals surface area contributed by atoms with Gasteiger partial charge in [-0.1, -0.05) is 24.3 Å². The van der Waals surface area contributed by atoms with Gasteiger partial charge in [-0.3, -0.25) is 0 Å². The highest BCUT2D eigenvalue weighted by molar-refractivity contribution is 6.41. The average molecular weight is 163 g/mol. The number of carbonyl (C=O) groups is 1. The molecule has 0 unspecified atom stereocenters. The maximum atomic E-state index is 10.5. The number of rotatable bonds is 3. The van der Waals surface area contributed by atoms with Crippen LogP contribution in [0.1, 0.15) is 0 Å². The van der Waals surface area contributed by atoms with Crippen molar-refractivity contribution in [3.8, 4) is 0 Å². The lowest BCUT2D eigenvalue weighted by Gasteiger charge is -1.96. The lowest BCUT2D eigenvalue weighted by atomic mass is 10.6. The molecule has 0 amide bonds. The van der Waals surface area contributed by atoms with Crippen LogP contribution in [0.3, 0.4) is 0 Å². The minimum atomic E-state index is -0.760. The standard InChI is InChI=1S/C6H7ClO3/c1-2-3-10-6(9)5(7)4-8/h2,4,8H,1,3H2. The van der Waals surface area contributed by atoms with Crippen LogP contribution in [0.2, 0.25) is 0 Å². The van der Waals surface area contributed by atoms with E-state index in [9.17, 15) is 4.79 Å². The second-order valence-electron chi connectivity index (χ2n) is 1.36. The monoisotopic (exact) mass is 162 g/mol. The highest BCUT2D eigenvalue weighted by Gasteiger charge is 2.05. The lowest BCUT2D eigenvalue weighted by Crippen LogP contribution is -2.03. The van der Waals surface area contributed by atoms with Crippen molar-refractivity contribution in [3.05, 3.63) is 23.9 Å². The first-order valence-corrected chi connectivity index (χ1v) is 2.88. The van der Waals surface area contributed by atoms with Crippen LogP contribution in [-0.2, 0) is 9.53 Å². The highest BCUT2D eigenvalue weighted by Crippen LogP contribution is 2.01. The molecule has 0 saturated heterocycles. The second kappa shape index (κ2) is 4.88. The van der Waals surface area contributed by atoms with E-state index in [1.54, 1.807) is 0 Å². The Balaban J connectivity index is 3.74. The zero-order valence-corrected chi connectivity index (χ0v) is 5.97. The molecule has 0 spiro atoms. The summed E-state index contributed by atoms with van der Waals surface area (Å²) in [5, 5.41) is 7.84. The van der Waals surface area contributed by atoms with E-state index >= 15 is 0 Å². The van der Waals surface area contributed by atoms with Crippen LogP contribution in [-0.4, -0.2) is 17.7 Å². The molecule has 1 N–H and O–H groups in total. The highest BCUT2D eigenvalue weighted by atomic mass is 35.5. The van der Waals surface area contributed by atoms with Crippen molar-refractivity contribution in [1.29, 1.82) is 0 Å². The number of aliphatic hydroxyl groups is 1. The number of ether oxygens (including phenoxy) is 1. The van der Waals surface area contributed by atoms with Gasteiger partial charge in [0.2, 0.25) is 0 Å². The predicted octanol–water partition coefficient (Wildman–Crippen LogP) is 1.35. The summed E-state index contributed by atoms with van der Waals surface area (Å²) < 4.78 is 4.43. The van der Waals surface area contributed by atoms with Gasteiger partial charge in [-0.2, -0.15) is 0 Å². The van der Waals surface area contributed by atoms with Gasteiger partial charge < -0.3 is 9.84 Å². The third-order valence-electron chi connectivity index (χ3n) is 0.641. The van der Waals surface area contributed by atoms with Crippen molar-refractivity contribution in [2.75, 3.05) is 6.61 Å². The molecule has 0 rings (SSSR count). The number of halogens is 1. The summed E-state index contributed by atoms with van der Waals surface area (Å²) >= 11 is 5.15. The predicted molar refractivity (Wildman–Crippen MR) is 37.7 cm³/mol. The molecular formula is C6H7ClO3. The SMILES string of the molecule is C=CCOC(=O)C(Cl)=CO. The van der Waals surface area contributed by atoms with Gasteiger partial charge in [-0.25, -0.2) is 4.79 Å². The maximum absolute atomic E-state index is 10.5. The van der Waals surface area contributed by atoms with E-state index in [0.717, 1.165) is 0 Å². The second-order valence-corrected chi connectivity index (χ2v) is 1.77. The molecule has 0 heterocycles. The largest absolute Gasteiger partial charge is 0.514 e. The van der Waals surface area contributed by atoms with Crippen LogP contribution < -0.4 is 0 Å². The molecule has 0 aliphatic rings. The summed E-state index contributed by atoms with van der Waals surface area (Å²) in [6.45, 7) is 3.40. The summed E-state index contributed by atoms with van der Waals surface area (Å²) in [5.41, 5.74) is 0. The van der Waals surface area contributed by atoms with Gasteiger partial charge in [0.05, 0.1) is 0 Å². The summed E-state index contributed by atoms with van der Waals surface area (Å²) in [7, 11) is 0. The Labute approximate surface area is 63.6 Å². The van der Waals surface area contributed by atoms with Crippen LogP contribution in [0.25, 0.3) is 0 Å². The van der Waals surface area contributed by atoms with E-state index in [0.29, 0.717) is 6.26 Å². The van der Waals surface area contributed by atoms with Gasteiger partial charge in [0.1, 0.15) is 12.9 Å². The molecule has 0 radical (unpaired) electrons. The molecule has 0 aromatic heterocycles. The molecule has 4 heteroatoms. The van der Waals surface area contributed by atoms with E-state index in [4.69, 9.17) is 16.7 Å². The Hall–Kier alpha value is -0.960. The van der Waals surface area contributed by atoms with Gasteiger partial charge in [0.25, 0.3) is 0 Å². The Kier molecular flexibility index (Phi) is 4.41. The summed E-state index contributed by atoms with van der Waals surface area (Å²) in [6, 6.07) is 0. The zero-order chi connectivity index (χ0) is 7.98. The molecule has 0 atom stereocenters. The third kappa shape index (κ3) is 3.14. The first kappa shape index (κ1) is 9.04. The third-order valence-corrected chi connectivity index (χ3v) is 0.893. The van der Waals surface area contributed by atoms with Gasteiger partial charge in [-0.05, 0) is 0 Å². The molecule has 0 aliphatic carbocycles. The maximum Gasteiger partial charge on any atom is 0.353 e. The summed E-state index contributed by atoms with van der Waals surface area (Å²) in [4.78, 5) is 10.5. The quantitative estimate of drug-likeness (QED) is 0.295. The normalized spacial score (nSPS) is 10.7. The van der Waals surface area contributed by atoms with E-state index in [1.807, 2.05) is 0 Å². The Morgan fingerprint density at radius 2 is 2.40 bits per heavy atom. The fraction of sp³-hybridized carbons (Fsp3) is 0.167. The van der Waals surface area contributed by atoms with Crippen LogP contribution in [0.5, 0.6) is 0 Å². The van der Waals surface area contributed by atoms with Crippen molar-refractivity contribution >= 4 is 17.6 Å². The minimum Gasteiger partial charge on any atom is -0.514 e. The molecule has 0 bridgehead atoms. The van der Waals surface area contributed by atoms with Crippen molar-refractivity contribution in [1.82, 2.24) is 0 Å². The van der Waals surface area contributed by atoms with E-state index in [2.05, 4.69) is 11.3 Å². The number of esters is 1. The van der Waals surface area contributed by atoms with E-state index in [1.165, 1.54) is 6.08 Å². The van der Waals surface area contributed by atoms with Crippen LogP contribution in [0.15, 0.2) is 23.9 Å². The smallest absolute Gasteiger partial charge is 0.353 e. The van der Waals surface area contributed by atoms with Crippen LogP contribution >= 0.6 is 11.6 Å². The molecule has 3 nitrogen and oxygen atoms in total. The molecule has 56 valence electrons. The molecule has 0 fully saturated rings. The fourth-order valence-corrected chi connectivity index (χ4v) is 0.311. The first-order valence-electron chi connectivity index (χ1n) is 2.50. The number of carbonyl (C=O) groups excluding carboxylic acids is 1. The number of hydrogen-bond donors (Lipinski definition) is 1. The van der Waals surface area contributed by atoms with Crippen LogP contribution in [0, 0.1) is 0 Å². The van der Waals surface area contributed by atoms with Crippen molar-refractivity contribution < 1.29 is 14.6 Å². The van der Waals surface area contributed by atoms with E-state index in [-0.39, 0.29) is 11.6 Å². The van der Waals surface area contributed by atoms with Gasteiger partial charge in [0.15, 0.2) is 5.03 Å². The lowest BCUT2D eigenvalue weighted by molar-refractivity contribution is -0.137. The molecule has 0 aromatic rings. The number of hydrogen-bond acceptors (Lipinski definition) is 3. The van der Waals surface area contributed by atoms with Crippen molar-refractivity contribution in [2.45, 2.75) is 0 Å². The Morgan fingerprint density at radius 3 is 2.80 bits per heavy atom. The minimum absolute atomic E-state index is 0.0862. The Bertz CT molecular complexity index is 162. The van der Waals surface area contributed by atoms with Gasteiger partial charge in [0, 0.05) is 0 Å². The van der Waals surface area contributed by atoms with Crippen molar-refractivity contribution in [2.24, 2.45) is 0 Å². The molecule has 0 aliphatic heterocycles. The van der Waals surface area contributed by atoms with Gasteiger partial charge >= 0.3 is 5.97 Å². The molecule has 0 aromatic carbocycles. The molecular weight excluding hydrogens is 156 g/mol. The fourth-order valence-electron chi connectivity index (χ4n) is 0.256. The van der Waals surface area contributed by atoms with Gasteiger partial charge in [-0.15, -0.1) is 0 Å². The van der Waals surface area contributed by atoms with Crippen LogP contribution in [0.4, 0.5) is 0 Å². The number of aliphatic hydroxyl groups excluding tert-OH is 1. The van der Waals surface area contributed by atoms with E-state index < -0.39 is 5.97 Å². The Morgan fingerprint density at radius 1 is 1.80 bits per heavy atom. The first-order chi connectivity index (χ1) is 4.72. The summed E-state index contributed by atoms with van der Waals surface area (Å²) in [6.07, 6.45) is 1.88. The average Bonchev–Trinajstić information content (AvgIpc) is 1.98. The topological polar surface area (TPSA) is 46.5 Å². The summed E-state index contributed by atoms with van der Waals surface area (Å²) in [5.74, 6) is -0.760.